The maximum Gasteiger partial charge on any atom is 0.213 e. The second kappa shape index (κ2) is 6.94. The maximum absolute atomic E-state index is 6.41. The molecule has 0 saturated carbocycles. The molecule has 140 valence electrons. The molecule has 0 aromatic heterocycles. The van der Waals surface area contributed by atoms with E-state index in [1.54, 1.807) is 0 Å². The van der Waals surface area contributed by atoms with Crippen LogP contribution in [0.1, 0.15) is 40.9 Å². The van der Waals surface area contributed by atoms with Crippen LogP contribution in [0.25, 0.3) is 0 Å². The summed E-state index contributed by atoms with van der Waals surface area (Å²) in [6.45, 7) is 2.09. The van der Waals surface area contributed by atoms with Gasteiger partial charge in [-0.15, -0.1) is 0 Å². The van der Waals surface area contributed by atoms with E-state index in [1.807, 2.05) is 36.4 Å². The molecule has 0 amide bonds. The Labute approximate surface area is 177 Å². The lowest BCUT2D eigenvalue weighted by molar-refractivity contribution is -0.0190. The molecule has 3 aromatic carbocycles. The van der Waals surface area contributed by atoms with Gasteiger partial charge in [0.05, 0.1) is 11.8 Å². The molecule has 0 unspecified atom stereocenters. The quantitative estimate of drug-likeness (QED) is 0.434. The number of hydrogen-bond acceptors (Lipinski definition) is 3. The molecule has 0 saturated heterocycles. The SMILES string of the molecule is Cc1ccc([C@@H]2Oc3ccc(Br)cc3[C@@H]3CC(c4ccc(Cl)cc4)=NN32)cc1. The zero-order chi connectivity index (χ0) is 19.3. The lowest BCUT2D eigenvalue weighted by Crippen LogP contribution is -2.33. The zero-order valence-electron chi connectivity index (χ0n) is 15.3. The van der Waals surface area contributed by atoms with Crippen LogP contribution in [0.15, 0.2) is 76.3 Å². The average Bonchev–Trinajstić information content (AvgIpc) is 3.14. The van der Waals surface area contributed by atoms with Crippen LogP contribution in [0.4, 0.5) is 0 Å². The van der Waals surface area contributed by atoms with Crippen molar-refractivity contribution in [1.29, 1.82) is 0 Å². The number of fused-ring (bicyclic) bond motifs is 3. The first-order valence-corrected chi connectivity index (χ1v) is 10.4. The Bertz CT molecular complexity index is 1060. The van der Waals surface area contributed by atoms with Gasteiger partial charge in [0.15, 0.2) is 0 Å². The lowest BCUT2D eigenvalue weighted by Gasteiger charge is -2.38. The summed E-state index contributed by atoms with van der Waals surface area (Å²) < 4.78 is 7.45. The van der Waals surface area contributed by atoms with Crippen molar-refractivity contribution in [2.45, 2.75) is 25.6 Å². The van der Waals surface area contributed by atoms with Crippen LogP contribution >= 0.6 is 27.5 Å². The van der Waals surface area contributed by atoms with Crippen molar-refractivity contribution in [3.8, 4) is 5.75 Å². The van der Waals surface area contributed by atoms with Gasteiger partial charge in [0.1, 0.15) is 5.75 Å². The predicted molar refractivity (Wildman–Crippen MR) is 116 cm³/mol. The number of benzene rings is 3. The first kappa shape index (κ1) is 17.8. The summed E-state index contributed by atoms with van der Waals surface area (Å²) in [7, 11) is 0. The molecule has 3 aromatic rings. The number of rotatable bonds is 2. The molecule has 5 rings (SSSR count). The van der Waals surface area contributed by atoms with E-state index in [-0.39, 0.29) is 12.3 Å². The lowest BCUT2D eigenvalue weighted by atomic mass is 9.96. The second-order valence-electron chi connectivity index (χ2n) is 7.22. The van der Waals surface area contributed by atoms with Crippen LogP contribution in [0.2, 0.25) is 5.02 Å². The van der Waals surface area contributed by atoms with Gasteiger partial charge in [0, 0.05) is 27.0 Å². The highest BCUT2D eigenvalue weighted by Gasteiger charge is 2.41. The summed E-state index contributed by atoms with van der Waals surface area (Å²) in [6, 6.07) is 22.7. The Hall–Kier alpha value is -2.30. The van der Waals surface area contributed by atoms with E-state index in [2.05, 4.69) is 58.2 Å². The van der Waals surface area contributed by atoms with Gasteiger partial charge in [0.25, 0.3) is 0 Å². The van der Waals surface area contributed by atoms with Crippen molar-refractivity contribution in [1.82, 2.24) is 5.01 Å². The van der Waals surface area contributed by atoms with Gasteiger partial charge in [0.2, 0.25) is 6.23 Å². The Balaban J connectivity index is 1.59. The largest absolute Gasteiger partial charge is 0.464 e. The fourth-order valence-corrected chi connectivity index (χ4v) is 4.33. The van der Waals surface area contributed by atoms with E-state index in [4.69, 9.17) is 21.4 Å². The standard InChI is InChI=1S/C23H18BrClN2O/c1-14-2-4-16(5-3-14)23-27-21(19-12-17(24)8-11-22(19)28-23)13-20(26-27)15-6-9-18(25)10-7-15/h2-12,21,23H,13H2,1H3/t21-,23-/m0/s1. The minimum Gasteiger partial charge on any atom is -0.464 e. The molecule has 3 nitrogen and oxygen atoms in total. The summed E-state index contributed by atoms with van der Waals surface area (Å²) in [5.41, 5.74) is 5.64. The molecule has 2 heterocycles. The molecule has 28 heavy (non-hydrogen) atoms. The monoisotopic (exact) mass is 452 g/mol. The normalized spacial score (nSPS) is 20.2. The predicted octanol–water partition coefficient (Wildman–Crippen LogP) is 6.65. The van der Waals surface area contributed by atoms with Crippen molar-refractivity contribution in [2.75, 3.05) is 0 Å². The van der Waals surface area contributed by atoms with Crippen LogP contribution in [-0.4, -0.2) is 10.7 Å². The molecule has 0 N–H and O–H groups in total. The van der Waals surface area contributed by atoms with Crippen molar-refractivity contribution in [2.24, 2.45) is 5.10 Å². The highest BCUT2D eigenvalue weighted by molar-refractivity contribution is 9.10. The fourth-order valence-electron chi connectivity index (χ4n) is 3.83. The number of hydrazone groups is 1. The van der Waals surface area contributed by atoms with Crippen LogP contribution in [0.5, 0.6) is 5.75 Å². The highest BCUT2D eigenvalue weighted by Crippen LogP contribution is 2.48. The Morgan fingerprint density at radius 2 is 1.79 bits per heavy atom. The molecule has 0 bridgehead atoms. The van der Waals surface area contributed by atoms with E-state index >= 15 is 0 Å². The number of nitrogens with zero attached hydrogens (tertiary/aromatic N) is 2. The Morgan fingerprint density at radius 3 is 2.54 bits per heavy atom. The molecular formula is C23H18BrClN2O. The first-order valence-electron chi connectivity index (χ1n) is 9.23. The van der Waals surface area contributed by atoms with Crippen LogP contribution in [0, 0.1) is 6.92 Å². The van der Waals surface area contributed by atoms with Gasteiger partial charge in [-0.3, -0.25) is 0 Å². The number of ether oxygens (including phenoxy) is 1. The second-order valence-corrected chi connectivity index (χ2v) is 8.57. The molecule has 0 fully saturated rings. The summed E-state index contributed by atoms with van der Waals surface area (Å²) in [5.74, 6) is 0.919. The van der Waals surface area contributed by atoms with Crippen molar-refractivity contribution in [3.63, 3.8) is 0 Å². The Kier molecular flexibility index (Phi) is 4.41. The summed E-state index contributed by atoms with van der Waals surface area (Å²) in [4.78, 5) is 0. The van der Waals surface area contributed by atoms with Crippen molar-refractivity contribution in [3.05, 3.63) is 98.5 Å². The summed E-state index contributed by atoms with van der Waals surface area (Å²) >= 11 is 9.66. The topological polar surface area (TPSA) is 24.8 Å². The smallest absolute Gasteiger partial charge is 0.213 e. The molecule has 2 aliphatic heterocycles. The maximum atomic E-state index is 6.41. The third-order valence-corrected chi connectivity index (χ3v) is 6.04. The fraction of sp³-hybridized carbons (Fsp3) is 0.174. The molecule has 0 spiro atoms. The van der Waals surface area contributed by atoms with Crippen LogP contribution < -0.4 is 4.74 Å². The molecule has 5 heteroatoms. The van der Waals surface area contributed by atoms with Gasteiger partial charge < -0.3 is 4.74 Å². The van der Waals surface area contributed by atoms with Gasteiger partial charge >= 0.3 is 0 Å². The van der Waals surface area contributed by atoms with Crippen LogP contribution in [-0.2, 0) is 0 Å². The van der Waals surface area contributed by atoms with Crippen molar-refractivity contribution < 1.29 is 4.74 Å². The van der Waals surface area contributed by atoms with Crippen LogP contribution in [0.3, 0.4) is 0 Å². The average molecular weight is 454 g/mol. The van der Waals surface area contributed by atoms with Crippen molar-refractivity contribution >= 4 is 33.2 Å². The van der Waals surface area contributed by atoms with Gasteiger partial charge in [-0.05, 0) is 42.8 Å². The Morgan fingerprint density at radius 1 is 1.04 bits per heavy atom. The number of aryl methyl sites for hydroxylation is 1. The number of hydrogen-bond donors (Lipinski definition) is 0. The summed E-state index contributed by atoms with van der Waals surface area (Å²) in [5, 5.41) is 7.82. The zero-order valence-corrected chi connectivity index (χ0v) is 17.6. The van der Waals surface area contributed by atoms with E-state index in [0.29, 0.717) is 0 Å². The van der Waals surface area contributed by atoms with E-state index in [1.165, 1.54) is 5.56 Å². The van der Waals surface area contributed by atoms with Gasteiger partial charge in [-0.1, -0.05) is 69.5 Å². The summed E-state index contributed by atoms with van der Waals surface area (Å²) in [6.07, 6.45) is 0.584. The molecular weight excluding hydrogens is 436 g/mol. The van der Waals surface area contributed by atoms with Gasteiger partial charge in [-0.25, -0.2) is 5.01 Å². The minimum absolute atomic E-state index is 0.137. The van der Waals surface area contributed by atoms with E-state index < -0.39 is 0 Å². The minimum atomic E-state index is -0.246. The van der Waals surface area contributed by atoms with Gasteiger partial charge in [-0.2, -0.15) is 5.10 Å². The number of halogens is 2. The first-order chi connectivity index (χ1) is 13.6. The molecule has 0 aliphatic carbocycles. The van der Waals surface area contributed by atoms with E-state index in [9.17, 15) is 0 Å². The third kappa shape index (κ3) is 3.11. The molecule has 2 atom stereocenters. The van der Waals surface area contributed by atoms with E-state index in [0.717, 1.165) is 44.1 Å². The third-order valence-electron chi connectivity index (χ3n) is 5.29. The molecule has 0 radical (unpaired) electrons. The highest BCUT2D eigenvalue weighted by atomic mass is 79.9. The molecule has 2 aliphatic rings.